The minimum atomic E-state index is -0.0632. The highest BCUT2D eigenvalue weighted by molar-refractivity contribution is 14.0. The molecule has 1 aliphatic heterocycles. The third-order valence-electron chi connectivity index (χ3n) is 5.17. The maximum absolute atomic E-state index is 12.2. The molecular weight excluding hydrogens is 517 g/mol. The first-order valence-electron chi connectivity index (χ1n) is 10.2. The molecule has 0 saturated carbocycles. The summed E-state index contributed by atoms with van der Waals surface area (Å²) in [5.41, 5.74) is 1.62. The van der Waals surface area contributed by atoms with Gasteiger partial charge in [-0.1, -0.05) is 31.5 Å². The molecule has 7 nitrogen and oxygen atoms in total. The number of ether oxygens (including phenoxy) is 1. The molecule has 30 heavy (non-hydrogen) atoms. The van der Waals surface area contributed by atoms with E-state index in [0.29, 0.717) is 35.9 Å². The first kappa shape index (κ1) is 26.9. The van der Waals surface area contributed by atoms with E-state index in [1.807, 2.05) is 25.1 Å². The van der Waals surface area contributed by atoms with Gasteiger partial charge in [-0.25, -0.2) is 0 Å². The van der Waals surface area contributed by atoms with Crippen molar-refractivity contribution in [3.05, 3.63) is 28.8 Å². The molecule has 1 aromatic carbocycles. The predicted octanol–water partition coefficient (Wildman–Crippen LogP) is 3.12. The third-order valence-corrected chi connectivity index (χ3v) is 5.58. The van der Waals surface area contributed by atoms with Crippen molar-refractivity contribution in [3.63, 3.8) is 0 Å². The zero-order valence-electron chi connectivity index (χ0n) is 18.3. The number of guanidine groups is 1. The Kier molecular flexibility index (Phi) is 12.6. The molecule has 3 N–H and O–H groups in total. The lowest BCUT2D eigenvalue weighted by molar-refractivity contribution is -0.116. The van der Waals surface area contributed by atoms with Crippen LogP contribution in [0.25, 0.3) is 0 Å². The van der Waals surface area contributed by atoms with Gasteiger partial charge in [-0.15, -0.1) is 24.0 Å². The Bertz CT molecular complexity index is 696. The smallest absolute Gasteiger partial charge is 0.226 e. The van der Waals surface area contributed by atoms with Crippen molar-refractivity contribution in [3.8, 4) is 0 Å². The van der Waals surface area contributed by atoms with Crippen LogP contribution in [0.4, 0.5) is 5.69 Å². The summed E-state index contributed by atoms with van der Waals surface area (Å²) < 4.78 is 5.46. The fourth-order valence-electron chi connectivity index (χ4n) is 3.37. The molecule has 1 saturated heterocycles. The molecule has 1 fully saturated rings. The number of carbonyl (C=O) groups is 1. The van der Waals surface area contributed by atoms with Crippen molar-refractivity contribution in [2.75, 3.05) is 51.8 Å². The van der Waals surface area contributed by atoms with Crippen molar-refractivity contribution >= 4 is 53.1 Å². The summed E-state index contributed by atoms with van der Waals surface area (Å²) in [4.78, 5) is 19.0. The number of amides is 1. The Balaban J connectivity index is 0.00000450. The van der Waals surface area contributed by atoms with Gasteiger partial charge < -0.3 is 20.7 Å². The van der Waals surface area contributed by atoms with E-state index in [1.165, 1.54) is 0 Å². The average molecular weight is 552 g/mol. The van der Waals surface area contributed by atoms with Crippen LogP contribution in [0.2, 0.25) is 5.02 Å². The normalized spacial score (nSPS) is 16.0. The quantitative estimate of drug-likeness (QED) is 0.263. The average Bonchev–Trinajstić information content (AvgIpc) is 2.71. The molecule has 9 heteroatoms. The second kappa shape index (κ2) is 14.1. The molecule has 1 aromatic rings. The number of rotatable bonds is 8. The van der Waals surface area contributed by atoms with Crippen molar-refractivity contribution in [2.45, 2.75) is 33.2 Å². The van der Waals surface area contributed by atoms with Gasteiger partial charge in [0.1, 0.15) is 0 Å². The second-order valence-electron chi connectivity index (χ2n) is 7.55. The maximum Gasteiger partial charge on any atom is 0.226 e. The SMILES string of the molecule is CN=C(NCCC(=O)Nc1cccc(Cl)c1C)NCC(C(C)C)N1CCOCC1.I. The minimum Gasteiger partial charge on any atom is -0.379 e. The van der Waals surface area contributed by atoms with E-state index in [-0.39, 0.29) is 29.9 Å². The molecule has 0 spiro atoms. The number of halogens is 2. The molecule has 170 valence electrons. The molecule has 0 aliphatic carbocycles. The Morgan fingerprint density at radius 3 is 2.60 bits per heavy atom. The molecule has 0 bridgehead atoms. The predicted molar refractivity (Wildman–Crippen MR) is 135 cm³/mol. The molecule has 1 aliphatic rings. The Labute approximate surface area is 202 Å². The van der Waals surface area contributed by atoms with E-state index in [2.05, 4.69) is 39.7 Å². The Hall–Kier alpha value is -1.10. The van der Waals surface area contributed by atoms with Crippen LogP contribution in [0.15, 0.2) is 23.2 Å². The first-order chi connectivity index (χ1) is 13.9. The number of hydrogen-bond acceptors (Lipinski definition) is 4. The lowest BCUT2D eigenvalue weighted by Crippen LogP contribution is -2.52. The van der Waals surface area contributed by atoms with Crippen LogP contribution in [-0.4, -0.2) is 69.2 Å². The van der Waals surface area contributed by atoms with Crippen molar-refractivity contribution in [1.82, 2.24) is 15.5 Å². The van der Waals surface area contributed by atoms with Crippen molar-refractivity contribution in [1.29, 1.82) is 0 Å². The van der Waals surface area contributed by atoms with Crippen LogP contribution in [0.5, 0.6) is 0 Å². The van der Waals surface area contributed by atoms with E-state index >= 15 is 0 Å². The topological polar surface area (TPSA) is 78.0 Å². The monoisotopic (exact) mass is 551 g/mol. The van der Waals surface area contributed by atoms with Gasteiger partial charge in [0.05, 0.1) is 13.2 Å². The van der Waals surface area contributed by atoms with Gasteiger partial charge in [0.2, 0.25) is 5.91 Å². The van der Waals surface area contributed by atoms with Gasteiger partial charge in [0, 0.05) is 56.4 Å². The van der Waals surface area contributed by atoms with Crippen LogP contribution in [0.3, 0.4) is 0 Å². The van der Waals surface area contributed by atoms with E-state index < -0.39 is 0 Å². The summed E-state index contributed by atoms with van der Waals surface area (Å²) in [5.74, 6) is 1.16. The molecule has 1 amide bonds. The maximum atomic E-state index is 12.2. The first-order valence-corrected chi connectivity index (χ1v) is 10.6. The zero-order valence-corrected chi connectivity index (χ0v) is 21.4. The zero-order chi connectivity index (χ0) is 21.2. The van der Waals surface area contributed by atoms with Crippen LogP contribution in [0.1, 0.15) is 25.8 Å². The summed E-state index contributed by atoms with van der Waals surface area (Å²) in [6, 6.07) is 5.90. The molecule has 1 unspecified atom stereocenters. The fraction of sp³-hybridized carbons (Fsp3) is 0.619. The minimum absolute atomic E-state index is 0. The number of nitrogens with one attached hydrogen (secondary N) is 3. The van der Waals surface area contributed by atoms with E-state index in [1.54, 1.807) is 7.05 Å². The van der Waals surface area contributed by atoms with Gasteiger partial charge in [0.25, 0.3) is 0 Å². The summed E-state index contributed by atoms with van der Waals surface area (Å²) >= 11 is 6.10. The molecule has 0 aromatic heterocycles. The van der Waals surface area contributed by atoms with Crippen LogP contribution in [0, 0.1) is 12.8 Å². The van der Waals surface area contributed by atoms with E-state index in [0.717, 1.165) is 44.1 Å². The standard InChI is InChI=1S/C21H34ClN5O2.HI/c1-15(2)19(27-10-12-29-13-11-27)14-25-21(23-4)24-9-8-20(28)26-18-7-5-6-17(22)16(18)3;/h5-7,15,19H,8-14H2,1-4H3,(H,26,28)(H2,23,24,25);1H. The fourth-order valence-corrected chi connectivity index (χ4v) is 3.54. The number of carbonyl (C=O) groups excluding carboxylic acids is 1. The van der Waals surface area contributed by atoms with Crippen molar-refractivity contribution < 1.29 is 9.53 Å². The van der Waals surface area contributed by atoms with Crippen LogP contribution >= 0.6 is 35.6 Å². The van der Waals surface area contributed by atoms with Crippen molar-refractivity contribution in [2.24, 2.45) is 10.9 Å². The summed E-state index contributed by atoms with van der Waals surface area (Å²) in [6.07, 6.45) is 0.337. The largest absolute Gasteiger partial charge is 0.379 e. The van der Waals surface area contributed by atoms with E-state index in [9.17, 15) is 4.79 Å². The molecule has 2 rings (SSSR count). The molecule has 0 radical (unpaired) electrons. The number of anilines is 1. The number of morpholine rings is 1. The lowest BCUT2D eigenvalue weighted by Gasteiger charge is -2.37. The third kappa shape index (κ3) is 8.56. The van der Waals surface area contributed by atoms with Gasteiger partial charge in [-0.3, -0.25) is 14.7 Å². The highest BCUT2D eigenvalue weighted by atomic mass is 127. The van der Waals surface area contributed by atoms with Crippen LogP contribution < -0.4 is 16.0 Å². The molecule has 1 heterocycles. The second-order valence-corrected chi connectivity index (χ2v) is 7.96. The Morgan fingerprint density at radius 2 is 1.97 bits per heavy atom. The number of aliphatic imine (C=N–C) groups is 1. The van der Waals surface area contributed by atoms with Gasteiger partial charge in [0.15, 0.2) is 5.96 Å². The summed E-state index contributed by atoms with van der Waals surface area (Å²) in [7, 11) is 1.74. The lowest BCUT2D eigenvalue weighted by atomic mass is 10.0. The number of benzene rings is 1. The molecular formula is C21H35ClIN5O2. The van der Waals surface area contributed by atoms with Crippen LogP contribution in [-0.2, 0) is 9.53 Å². The number of nitrogens with zero attached hydrogens (tertiary/aromatic N) is 2. The highest BCUT2D eigenvalue weighted by Crippen LogP contribution is 2.22. The summed E-state index contributed by atoms with van der Waals surface area (Å²) in [6.45, 7) is 11.1. The van der Waals surface area contributed by atoms with Gasteiger partial charge in [-0.2, -0.15) is 0 Å². The van der Waals surface area contributed by atoms with Gasteiger partial charge in [-0.05, 0) is 30.5 Å². The van der Waals surface area contributed by atoms with E-state index in [4.69, 9.17) is 16.3 Å². The Morgan fingerprint density at radius 1 is 1.27 bits per heavy atom. The number of hydrogen-bond donors (Lipinski definition) is 3. The summed E-state index contributed by atoms with van der Waals surface area (Å²) in [5, 5.41) is 10.2. The highest BCUT2D eigenvalue weighted by Gasteiger charge is 2.23. The molecule has 1 atom stereocenters. The van der Waals surface area contributed by atoms with Gasteiger partial charge >= 0.3 is 0 Å².